The third-order valence-corrected chi connectivity index (χ3v) is 14.9. The number of methoxy groups -OCH3 is 1. The molecule has 0 spiro atoms. The van der Waals surface area contributed by atoms with Crippen molar-refractivity contribution >= 4 is 61.7 Å². The molecule has 0 amide bonds. The number of alkyl halides is 1. The number of rotatable bonds is 6. The minimum Gasteiger partial charge on any atom is -0.496 e. The van der Waals surface area contributed by atoms with E-state index in [1.54, 1.807) is 39.8 Å². The first kappa shape index (κ1) is 35.9. The summed E-state index contributed by atoms with van der Waals surface area (Å²) < 4.78 is 43.5. The van der Waals surface area contributed by atoms with Crippen molar-refractivity contribution < 1.29 is 52.0 Å². The Morgan fingerprint density at radius 1 is 0.792 bits per heavy atom. The molecule has 3 aromatic rings. The lowest BCUT2D eigenvalue weighted by atomic mass is 9.66. The van der Waals surface area contributed by atoms with Crippen LogP contribution in [0.5, 0.6) is 11.5 Å². The predicted octanol–water partition coefficient (Wildman–Crippen LogP) is 6.76. The molecule has 8 rings (SSSR count). The summed E-state index contributed by atoms with van der Waals surface area (Å²) in [5.74, 6) is -2.30. The van der Waals surface area contributed by atoms with Crippen LogP contribution in [0.1, 0.15) is 98.3 Å². The van der Waals surface area contributed by atoms with Gasteiger partial charge in [0.05, 0.1) is 28.9 Å². The number of ether oxygens (including phenoxy) is 6. The minimum atomic E-state index is -1.65. The molecule has 4 bridgehead atoms. The zero-order valence-electron chi connectivity index (χ0n) is 31.3. The van der Waals surface area contributed by atoms with E-state index in [0.29, 0.717) is 23.6 Å². The van der Waals surface area contributed by atoms with Gasteiger partial charge in [0.1, 0.15) is 28.1 Å². The van der Waals surface area contributed by atoms with Gasteiger partial charge in [-0.05, 0) is 71.1 Å². The van der Waals surface area contributed by atoms with Crippen molar-refractivity contribution in [1.29, 1.82) is 0 Å². The van der Waals surface area contributed by atoms with Gasteiger partial charge in [0, 0.05) is 22.2 Å². The fourth-order valence-electron chi connectivity index (χ4n) is 9.64. The van der Waals surface area contributed by atoms with Crippen LogP contribution in [0, 0.1) is 21.7 Å². The molecule has 6 atom stereocenters. The molecule has 2 aliphatic carbocycles. The molecule has 282 valence electrons. The fourth-order valence-corrected chi connectivity index (χ4v) is 9.99. The molecule has 0 radical (unpaired) electrons. The van der Waals surface area contributed by atoms with Gasteiger partial charge >= 0.3 is 23.9 Å². The Bertz CT molecular complexity index is 2250. The predicted molar refractivity (Wildman–Crippen MR) is 192 cm³/mol. The molecule has 53 heavy (non-hydrogen) atoms. The van der Waals surface area contributed by atoms with Crippen molar-refractivity contribution in [1.82, 2.24) is 0 Å². The molecule has 4 heterocycles. The first-order valence-electron chi connectivity index (χ1n) is 17.9. The third-order valence-electron chi connectivity index (χ3n) is 14.3. The van der Waals surface area contributed by atoms with Crippen LogP contribution in [0.3, 0.4) is 0 Å². The minimum absolute atomic E-state index is 0.00783. The zero-order chi connectivity index (χ0) is 38.5. The van der Waals surface area contributed by atoms with Crippen LogP contribution in [0.15, 0.2) is 33.5 Å². The maximum absolute atomic E-state index is 14.8. The van der Waals surface area contributed by atoms with Gasteiger partial charge < -0.3 is 32.8 Å². The summed E-state index contributed by atoms with van der Waals surface area (Å²) in [7, 11) is 1.42. The van der Waals surface area contributed by atoms with Crippen molar-refractivity contribution in [3.05, 3.63) is 45.6 Å². The number of esters is 4. The Morgan fingerprint density at radius 2 is 1.36 bits per heavy atom. The summed E-state index contributed by atoms with van der Waals surface area (Å²) in [5.41, 5.74) is -7.55. The van der Waals surface area contributed by atoms with Crippen molar-refractivity contribution in [2.45, 2.75) is 115 Å². The molecule has 2 aromatic carbocycles. The zero-order valence-corrected chi connectivity index (χ0v) is 32.9. The second kappa shape index (κ2) is 10.8. The molecule has 12 nitrogen and oxygen atoms in total. The normalized spacial score (nSPS) is 34.0. The summed E-state index contributed by atoms with van der Waals surface area (Å²) in [5, 5.41) is 0.873. The second-order valence-electron chi connectivity index (χ2n) is 17.3. The lowest BCUT2D eigenvalue weighted by Crippen LogP contribution is -2.57. The summed E-state index contributed by atoms with van der Waals surface area (Å²) >= 11 is 3.44. The number of hydrogen-bond acceptors (Lipinski definition) is 12. The molecule has 1 aromatic heterocycles. The molecule has 5 aliphatic rings. The highest BCUT2D eigenvalue weighted by molar-refractivity contribution is 9.08. The van der Waals surface area contributed by atoms with E-state index < -0.39 is 80.0 Å². The molecule has 4 fully saturated rings. The Labute approximate surface area is 314 Å². The van der Waals surface area contributed by atoms with Gasteiger partial charge in [0.25, 0.3) is 0 Å². The summed E-state index contributed by atoms with van der Waals surface area (Å²) in [6.45, 7) is 14.2. The van der Waals surface area contributed by atoms with E-state index in [1.807, 2.05) is 33.8 Å². The highest BCUT2D eigenvalue weighted by atomic mass is 79.9. The monoisotopic (exact) mass is 794 g/mol. The lowest BCUT2D eigenvalue weighted by molar-refractivity contribution is -0.217. The van der Waals surface area contributed by atoms with Crippen LogP contribution in [0.25, 0.3) is 21.9 Å². The Hall–Kier alpha value is -4.13. The largest absolute Gasteiger partial charge is 0.496 e. The second-order valence-corrected chi connectivity index (χ2v) is 17.9. The highest BCUT2D eigenvalue weighted by Crippen LogP contribution is 2.68. The van der Waals surface area contributed by atoms with Gasteiger partial charge in [-0.2, -0.15) is 0 Å². The molecule has 4 unspecified atom stereocenters. The molecule has 3 aliphatic heterocycles. The molecule has 2 saturated heterocycles. The Morgan fingerprint density at radius 3 is 1.85 bits per heavy atom. The standard InChI is InChI=1S/C40H43BrO12/c1-34(2)29(50-33(46)40-15-13-38(8,31(44)53-40)36(40,5)6)28(49-32(45)39-14-12-37(7,30(43)52-39)35(39,3)4)25-23(51-34)17-22(47-9)24-26(42)20-16-19(18-41)10-11-21(20)48-27(24)25/h10-11,16-17,28-29H,12-15,18H2,1-9H3/t28-,29-,37?,38?,39?,40?/m1/s1. The van der Waals surface area contributed by atoms with E-state index >= 15 is 0 Å². The van der Waals surface area contributed by atoms with Gasteiger partial charge in [-0.1, -0.05) is 49.7 Å². The van der Waals surface area contributed by atoms with Crippen molar-refractivity contribution in [3.63, 3.8) is 0 Å². The van der Waals surface area contributed by atoms with E-state index in [2.05, 4.69) is 15.9 Å². The number of benzene rings is 2. The third kappa shape index (κ3) is 4.15. The summed E-state index contributed by atoms with van der Waals surface area (Å²) in [4.78, 5) is 70.1. The maximum Gasteiger partial charge on any atom is 0.351 e. The Balaban J connectivity index is 1.33. The molecule has 2 saturated carbocycles. The van der Waals surface area contributed by atoms with E-state index in [0.717, 1.165) is 5.56 Å². The quantitative estimate of drug-likeness (QED) is 0.112. The number of halogens is 1. The van der Waals surface area contributed by atoms with Gasteiger partial charge in [-0.25, -0.2) is 9.59 Å². The molecule has 13 heteroatoms. The molecular formula is C40H43BrO12. The number of fused-ring (bicyclic) bond motifs is 8. The van der Waals surface area contributed by atoms with Gasteiger partial charge in [0.15, 0.2) is 17.8 Å². The number of hydrogen-bond donors (Lipinski definition) is 0. The molecular weight excluding hydrogens is 752 g/mol. The van der Waals surface area contributed by atoms with Crippen LogP contribution in [-0.4, -0.2) is 53.9 Å². The first-order valence-corrected chi connectivity index (χ1v) is 19.0. The van der Waals surface area contributed by atoms with E-state index in [-0.39, 0.29) is 46.5 Å². The first-order chi connectivity index (χ1) is 24.7. The van der Waals surface area contributed by atoms with Gasteiger partial charge in [-0.15, -0.1) is 0 Å². The van der Waals surface area contributed by atoms with Crippen LogP contribution in [0.4, 0.5) is 0 Å². The van der Waals surface area contributed by atoms with Crippen molar-refractivity contribution in [2.24, 2.45) is 21.7 Å². The highest BCUT2D eigenvalue weighted by Gasteiger charge is 2.78. The van der Waals surface area contributed by atoms with Gasteiger partial charge in [-0.3, -0.25) is 14.4 Å². The SMILES string of the molecule is COc1cc2c(c3oc4ccc(CBr)cc4c(=O)c13)[C@@H](OC(=O)C13CCC(C)(C(=O)O1)C3(C)C)[C@@H](OC(=O)C13CCC(C)(C(=O)O1)C3(C)C)C(C)(C)O2. The summed E-state index contributed by atoms with van der Waals surface area (Å²) in [6.07, 6.45) is -1.56. The fraction of sp³-hybridized carbons (Fsp3) is 0.575. The average molecular weight is 796 g/mol. The van der Waals surface area contributed by atoms with E-state index in [4.69, 9.17) is 32.8 Å². The smallest absolute Gasteiger partial charge is 0.351 e. The lowest BCUT2D eigenvalue weighted by Gasteiger charge is -2.46. The van der Waals surface area contributed by atoms with Crippen LogP contribution in [0.2, 0.25) is 0 Å². The Kier molecular flexibility index (Phi) is 7.28. The van der Waals surface area contributed by atoms with Crippen LogP contribution < -0.4 is 14.9 Å². The summed E-state index contributed by atoms with van der Waals surface area (Å²) in [6, 6.07) is 6.74. The average Bonchev–Trinajstić information content (AvgIpc) is 3.56. The topological polar surface area (TPSA) is 154 Å². The van der Waals surface area contributed by atoms with Gasteiger partial charge in [0.2, 0.25) is 16.6 Å². The van der Waals surface area contributed by atoms with Crippen molar-refractivity contribution in [3.8, 4) is 11.5 Å². The maximum atomic E-state index is 14.8. The van der Waals surface area contributed by atoms with E-state index in [9.17, 15) is 24.0 Å². The van der Waals surface area contributed by atoms with Crippen LogP contribution >= 0.6 is 15.9 Å². The number of carbonyl (C=O) groups is 4. The van der Waals surface area contributed by atoms with Crippen LogP contribution in [-0.2, 0) is 43.5 Å². The van der Waals surface area contributed by atoms with E-state index in [1.165, 1.54) is 13.2 Å². The number of carbonyl (C=O) groups excluding carboxylic acids is 4. The molecule has 0 N–H and O–H groups in total. The van der Waals surface area contributed by atoms with Crippen molar-refractivity contribution in [2.75, 3.05) is 7.11 Å².